The average Bonchev–Trinajstić information content (AvgIpc) is 2.74. The first-order valence-corrected chi connectivity index (χ1v) is 6.15. The molecule has 82 valence electrons. The van der Waals surface area contributed by atoms with Gasteiger partial charge in [-0.2, -0.15) is 0 Å². The Bertz CT molecular complexity index is 517. The molecule has 1 amide bonds. The summed E-state index contributed by atoms with van der Waals surface area (Å²) < 4.78 is 4.33. The topological polar surface area (TPSA) is 54.9 Å². The molecule has 2 aromatic rings. The smallest absolute Gasteiger partial charge is 0.256 e. The summed E-state index contributed by atoms with van der Waals surface area (Å²) in [5.74, 6) is -0.219. The van der Waals surface area contributed by atoms with E-state index in [1.54, 1.807) is 18.2 Å². The van der Waals surface area contributed by atoms with E-state index in [0.29, 0.717) is 20.1 Å². The lowest BCUT2D eigenvalue weighted by molar-refractivity contribution is 0.102. The van der Waals surface area contributed by atoms with E-state index in [0.717, 1.165) is 11.5 Å². The maximum Gasteiger partial charge on any atom is 0.256 e. The Morgan fingerprint density at radius 3 is 2.94 bits per heavy atom. The van der Waals surface area contributed by atoms with E-state index in [2.05, 4.69) is 30.8 Å². The summed E-state index contributed by atoms with van der Waals surface area (Å²) in [4.78, 5) is 11.8. The number of carbonyl (C=O) groups excluding carboxylic acids is 1. The van der Waals surface area contributed by atoms with Gasteiger partial charge in [-0.15, -0.1) is 5.10 Å². The van der Waals surface area contributed by atoms with E-state index >= 15 is 0 Å². The monoisotopic (exact) mass is 317 g/mol. The van der Waals surface area contributed by atoms with Gasteiger partial charge in [0, 0.05) is 21.6 Å². The first kappa shape index (κ1) is 11.5. The van der Waals surface area contributed by atoms with Crippen LogP contribution in [-0.4, -0.2) is 15.5 Å². The predicted octanol–water partition coefficient (Wildman–Crippen LogP) is 3.21. The standard InChI is InChI=1S/C9H5BrClN3OS/c10-6-3-5(1-2-7(6)11)9(15)13-8-4-12-14-16-8/h1-4H,(H,13,15). The molecule has 0 aliphatic rings. The lowest BCUT2D eigenvalue weighted by Gasteiger charge is -2.02. The second-order valence-corrected chi connectivity index (χ2v) is 4.91. The number of nitrogens with zero attached hydrogens (tertiary/aromatic N) is 2. The fraction of sp³-hybridized carbons (Fsp3) is 0. The van der Waals surface area contributed by atoms with Crippen molar-refractivity contribution in [3.8, 4) is 0 Å². The van der Waals surface area contributed by atoms with Crippen LogP contribution in [0.3, 0.4) is 0 Å². The van der Waals surface area contributed by atoms with Crippen molar-refractivity contribution in [1.29, 1.82) is 0 Å². The Kier molecular flexibility index (Phi) is 3.52. The number of amides is 1. The van der Waals surface area contributed by atoms with E-state index in [1.807, 2.05) is 0 Å². The molecule has 0 unspecified atom stereocenters. The van der Waals surface area contributed by atoms with Gasteiger partial charge < -0.3 is 5.32 Å². The molecule has 1 N–H and O–H groups in total. The van der Waals surface area contributed by atoms with Gasteiger partial charge >= 0.3 is 0 Å². The molecule has 0 saturated heterocycles. The quantitative estimate of drug-likeness (QED) is 0.925. The van der Waals surface area contributed by atoms with Crippen LogP contribution >= 0.6 is 39.1 Å². The first-order chi connectivity index (χ1) is 7.66. The van der Waals surface area contributed by atoms with Crippen molar-refractivity contribution in [2.45, 2.75) is 0 Å². The molecule has 0 radical (unpaired) electrons. The van der Waals surface area contributed by atoms with E-state index in [4.69, 9.17) is 11.6 Å². The third kappa shape index (κ3) is 2.58. The molecular weight excluding hydrogens is 314 g/mol. The third-order valence-electron chi connectivity index (χ3n) is 1.78. The maximum atomic E-state index is 11.8. The normalized spacial score (nSPS) is 10.1. The van der Waals surface area contributed by atoms with Gasteiger partial charge in [-0.3, -0.25) is 4.79 Å². The van der Waals surface area contributed by atoms with Crippen molar-refractivity contribution in [2.24, 2.45) is 0 Å². The van der Waals surface area contributed by atoms with Crippen molar-refractivity contribution >= 4 is 50.0 Å². The highest BCUT2D eigenvalue weighted by Gasteiger charge is 2.09. The molecule has 0 aliphatic carbocycles. The van der Waals surface area contributed by atoms with Crippen LogP contribution in [0.15, 0.2) is 28.9 Å². The van der Waals surface area contributed by atoms with E-state index in [9.17, 15) is 4.79 Å². The molecule has 0 atom stereocenters. The Morgan fingerprint density at radius 1 is 1.50 bits per heavy atom. The van der Waals surface area contributed by atoms with Gasteiger partial charge in [0.05, 0.1) is 11.2 Å². The van der Waals surface area contributed by atoms with E-state index in [-0.39, 0.29) is 5.91 Å². The summed E-state index contributed by atoms with van der Waals surface area (Å²) in [6.45, 7) is 0. The molecule has 16 heavy (non-hydrogen) atoms. The van der Waals surface area contributed by atoms with Crippen LogP contribution in [0, 0.1) is 0 Å². The third-order valence-corrected chi connectivity index (χ3v) is 3.57. The van der Waals surface area contributed by atoms with Gasteiger partial charge in [0.15, 0.2) is 0 Å². The summed E-state index contributed by atoms with van der Waals surface area (Å²) in [7, 11) is 0. The molecule has 7 heteroatoms. The number of nitrogens with one attached hydrogen (secondary N) is 1. The number of hydrogen-bond acceptors (Lipinski definition) is 4. The zero-order valence-corrected chi connectivity index (χ0v) is 10.9. The van der Waals surface area contributed by atoms with E-state index < -0.39 is 0 Å². The number of anilines is 1. The second kappa shape index (κ2) is 4.90. The molecule has 4 nitrogen and oxygen atoms in total. The number of benzene rings is 1. The molecule has 2 rings (SSSR count). The number of hydrogen-bond donors (Lipinski definition) is 1. The average molecular weight is 319 g/mol. The summed E-state index contributed by atoms with van der Waals surface area (Å²) in [5.41, 5.74) is 0.518. The van der Waals surface area contributed by atoms with Crippen LogP contribution in [0.2, 0.25) is 5.02 Å². The highest BCUT2D eigenvalue weighted by atomic mass is 79.9. The lowest BCUT2D eigenvalue weighted by Crippen LogP contribution is -2.10. The van der Waals surface area contributed by atoms with E-state index in [1.165, 1.54) is 6.20 Å². The fourth-order valence-corrected chi connectivity index (χ4v) is 1.95. The number of rotatable bonds is 2. The number of halogens is 2. The zero-order valence-electron chi connectivity index (χ0n) is 7.78. The Labute approximate surface area is 109 Å². The summed E-state index contributed by atoms with van der Waals surface area (Å²) in [6, 6.07) is 4.97. The molecular formula is C9H5BrClN3OS. The summed E-state index contributed by atoms with van der Waals surface area (Å²) >= 11 is 10.2. The Morgan fingerprint density at radius 2 is 2.31 bits per heavy atom. The van der Waals surface area contributed by atoms with Gasteiger partial charge in [-0.1, -0.05) is 16.1 Å². The van der Waals surface area contributed by atoms with Crippen LogP contribution in [-0.2, 0) is 0 Å². The van der Waals surface area contributed by atoms with Crippen molar-refractivity contribution < 1.29 is 4.79 Å². The lowest BCUT2D eigenvalue weighted by atomic mass is 10.2. The second-order valence-electron chi connectivity index (χ2n) is 2.86. The molecule has 0 aliphatic heterocycles. The van der Waals surface area contributed by atoms with Crippen molar-refractivity contribution in [3.05, 3.63) is 39.5 Å². The fourth-order valence-electron chi connectivity index (χ4n) is 1.04. The SMILES string of the molecule is O=C(Nc1cnns1)c1ccc(Cl)c(Br)c1. The molecule has 0 spiro atoms. The van der Waals surface area contributed by atoms with Crippen LogP contribution in [0.5, 0.6) is 0 Å². The Balaban J connectivity index is 2.18. The molecule has 1 aromatic carbocycles. The zero-order chi connectivity index (χ0) is 11.5. The first-order valence-electron chi connectivity index (χ1n) is 4.20. The summed E-state index contributed by atoms with van der Waals surface area (Å²) in [6.07, 6.45) is 1.49. The van der Waals surface area contributed by atoms with Gasteiger partial charge in [0.1, 0.15) is 5.00 Å². The minimum atomic E-state index is -0.219. The molecule has 1 aromatic heterocycles. The molecule has 0 bridgehead atoms. The largest absolute Gasteiger partial charge is 0.311 e. The highest BCUT2D eigenvalue weighted by molar-refractivity contribution is 9.10. The minimum Gasteiger partial charge on any atom is -0.311 e. The van der Waals surface area contributed by atoms with Crippen LogP contribution in [0.4, 0.5) is 5.00 Å². The number of aromatic nitrogens is 2. The van der Waals surface area contributed by atoms with Crippen LogP contribution in [0.1, 0.15) is 10.4 Å². The molecule has 1 heterocycles. The number of carbonyl (C=O) groups is 1. The minimum absolute atomic E-state index is 0.219. The van der Waals surface area contributed by atoms with Gasteiger partial charge in [-0.25, -0.2) is 0 Å². The highest BCUT2D eigenvalue weighted by Crippen LogP contribution is 2.23. The van der Waals surface area contributed by atoms with Crippen molar-refractivity contribution in [3.63, 3.8) is 0 Å². The summed E-state index contributed by atoms with van der Waals surface area (Å²) in [5, 5.41) is 7.47. The van der Waals surface area contributed by atoms with Crippen LogP contribution < -0.4 is 5.32 Å². The van der Waals surface area contributed by atoms with Crippen LogP contribution in [0.25, 0.3) is 0 Å². The van der Waals surface area contributed by atoms with Crippen molar-refractivity contribution in [2.75, 3.05) is 5.32 Å². The molecule has 0 fully saturated rings. The maximum absolute atomic E-state index is 11.8. The predicted molar refractivity (Wildman–Crippen MR) is 67.0 cm³/mol. The van der Waals surface area contributed by atoms with Gasteiger partial charge in [-0.05, 0) is 34.1 Å². The Hall–Kier alpha value is -0.980. The van der Waals surface area contributed by atoms with Crippen molar-refractivity contribution in [1.82, 2.24) is 9.59 Å². The van der Waals surface area contributed by atoms with Gasteiger partial charge in [0.25, 0.3) is 5.91 Å². The van der Waals surface area contributed by atoms with Gasteiger partial charge in [0.2, 0.25) is 0 Å². The molecule has 0 saturated carbocycles.